The van der Waals surface area contributed by atoms with Gasteiger partial charge in [0.1, 0.15) is 29.3 Å². The van der Waals surface area contributed by atoms with Crippen molar-refractivity contribution in [1.82, 2.24) is 24.1 Å². The predicted molar refractivity (Wildman–Crippen MR) is 140 cm³/mol. The Morgan fingerprint density at radius 2 is 1.45 bits per heavy atom. The molecule has 1 unspecified atom stereocenters. The zero-order valence-electron chi connectivity index (χ0n) is 21.3. The first-order chi connectivity index (χ1) is 20.1. The van der Waals surface area contributed by atoms with E-state index in [1.807, 2.05) is 18.2 Å². The fraction of sp³-hybridized carbons (Fsp3) is 0.148. The highest BCUT2D eigenvalue weighted by atomic mass is 32.2. The molecule has 0 bridgehead atoms. The number of nitrogen functional groups attached to an aromatic ring is 1. The molecule has 5 aromatic rings. The van der Waals surface area contributed by atoms with E-state index in [1.165, 1.54) is 11.0 Å². The van der Waals surface area contributed by atoms with Crippen LogP contribution in [0.1, 0.15) is 12.5 Å². The number of para-hydroxylation sites is 1. The third-order valence-corrected chi connectivity index (χ3v) is 8.75. The summed E-state index contributed by atoms with van der Waals surface area (Å²) in [6.07, 6.45) is 1.30. The number of halogens is 5. The van der Waals surface area contributed by atoms with E-state index in [2.05, 4.69) is 15.1 Å². The van der Waals surface area contributed by atoms with E-state index in [0.29, 0.717) is 32.4 Å². The highest BCUT2D eigenvalue weighted by molar-refractivity contribution is 7.89. The molecule has 1 saturated heterocycles. The van der Waals surface area contributed by atoms with E-state index >= 15 is 0 Å². The average molecular weight is 603 g/mol. The van der Waals surface area contributed by atoms with Crippen molar-refractivity contribution in [3.8, 4) is 22.8 Å². The summed E-state index contributed by atoms with van der Waals surface area (Å²) >= 11 is 0. The van der Waals surface area contributed by atoms with Crippen LogP contribution < -0.4 is 10.5 Å². The van der Waals surface area contributed by atoms with E-state index in [1.54, 1.807) is 36.4 Å². The fourth-order valence-corrected chi connectivity index (χ4v) is 6.43. The maximum absolute atomic E-state index is 14.4. The molecule has 3 heterocycles. The first-order valence-corrected chi connectivity index (χ1v) is 13.9. The van der Waals surface area contributed by atoms with Crippen LogP contribution in [0.15, 0.2) is 65.8 Å². The topological polar surface area (TPSA) is 116 Å². The third-order valence-electron chi connectivity index (χ3n) is 6.86. The Bertz CT molecular complexity index is 1910. The normalized spacial score (nSPS) is 15.9. The molecule has 0 spiro atoms. The van der Waals surface area contributed by atoms with E-state index in [0.717, 1.165) is 0 Å². The smallest absolute Gasteiger partial charge is 0.249 e. The van der Waals surface area contributed by atoms with Gasteiger partial charge in [-0.25, -0.2) is 45.0 Å². The largest absolute Gasteiger partial charge is 0.457 e. The van der Waals surface area contributed by atoms with E-state index < -0.39 is 50.0 Å². The van der Waals surface area contributed by atoms with Crippen LogP contribution >= 0.6 is 0 Å². The SMILES string of the molecule is Nc1ncnc2c1c(-c1ccc(Oc3ccccc3)cc1)nn2C1CCN(S(=O)(=O)c2c(F)c(F)c(F)c(F)c2F)C1. The number of fused-ring (bicyclic) bond motifs is 1. The quantitative estimate of drug-likeness (QED) is 0.161. The summed E-state index contributed by atoms with van der Waals surface area (Å²) in [6, 6.07) is 15.4. The van der Waals surface area contributed by atoms with Crippen LogP contribution in [-0.4, -0.2) is 45.6 Å². The third kappa shape index (κ3) is 4.50. The van der Waals surface area contributed by atoms with E-state index in [-0.39, 0.29) is 31.0 Å². The lowest BCUT2D eigenvalue weighted by molar-refractivity contribution is 0.352. The number of nitrogens with two attached hydrogens (primary N) is 1. The standard InChI is InChI=1S/C27H19F5N6O3S/c28-19-20(29)22(31)25(23(32)21(19)30)42(39,40)37-11-10-15(12-37)38-27-18(26(33)34-13-35-27)24(36-38)14-6-8-17(9-7-14)41-16-4-2-1-3-5-16/h1-9,13,15H,10-12H2,(H2,33,34,35). The molecule has 1 atom stereocenters. The summed E-state index contributed by atoms with van der Waals surface area (Å²) < 4.78 is 104. The van der Waals surface area contributed by atoms with E-state index in [9.17, 15) is 30.4 Å². The molecule has 2 aromatic heterocycles. The molecule has 15 heteroatoms. The second kappa shape index (κ2) is 10.3. The summed E-state index contributed by atoms with van der Waals surface area (Å²) in [5.41, 5.74) is 7.43. The number of aromatic nitrogens is 4. The van der Waals surface area contributed by atoms with Gasteiger partial charge in [0, 0.05) is 18.7 Å². The minimum atomic E-state index is -5.12. The molecule has 9 nitrogen and oxygen atoms in total. The van der Waals surface area contributed by atoms with Crippen molar-refractivity contribution in [2.24, 2.45) is 0 Å². The van der Waals surface area contributed by atoms with E-state index in [4.69, 9.17) is 10.5 Å². The highest BCUT2D eigenvalue weighted by Gasteiger charge is 2.41. The molecule has 0 radical (unpaired) electrons. The second-order valence-electron chi connectivity index (χ2n) is 9.39. The van der Waals surface area contributed by atoms with Gasteiger partial charge in [0.15, 0.2) is 33.8 Å². The Kier molecular flexibility index (Phi) is 6.77. The Morgan fingerprint density at radius 1 is 0.833 bits per heavy atom. The fourth-order valence-electron chi connectivity index (χ4n) is 4.83. The summed E-state index contributed by atoms with van der Waals surface area (Å²) in [7, 11) is -5.12. The maximum atomic E-state index is 14.4. The van der Waals surface area contributed by atoms with Crippen LogP contribution in [0.3, 0.4) is 0 Å². The summed E-state index contributed by atoms with van der Waals surface area (Å²) in [6.45, 7) is -0.666. The van der Waals surface area contributed by atoms with Crippen LogP contribution in [-0.2, 0) is 10.0 Å². The van der Waals surface area contributed by atoms with Crippen molar-refractivity contribution < 1.29 is 35.1 Å². The van der Waals surface area contributed by atoms with Crippen molar-refractivity contribution in [1.29, 1.82) is 0 Å². The molecule has 216 valence electrons. The number of nitrogens with zero attached hydrogens (tertiary/aromatic N) is 5. The lowest BCUT2D eigenvalue weighted by Crippen LogP contribution is -2.31. The van der Waals surface area contributed by atoms with Crippen LogP contribution in [0.25, 0.3) is 22.3 Å². The number of benzene rings is 3. The van der Waals surface area contributed by atoms with Crippen molar-refractivity contribution >= 4 is 26.9 Å². The second-order valence-corrected chi connectivity index (χ2v) is 11.3. The molecule has 42 heavy (non-hydrogen) atoms. The van der Waals surface area contributed by atoms with Crippen LogP contribution in [0.4, 0.5) is 27.8 Å². The molecule has 0 aliphatic carbocycles. The summed E-state index contributed by atoms with van der Waals surface area (Å²) in [5, 5.41) is 5.02. The van der Waals surface area contributed by atoms with Gasteiger partial charge < -0.3 is 10.5 Å². The molecule has 6 rings (SSSR count). The van der Waals surface area contributed by atoms with Crippen molar-refractivity contribution in [3.05, 3.63) is 90.0 Å². The van der Waals surface area contributed by atoms with Gasteiger partial charge in [-0.1, -0.05) is 18.2 Å². The molecule has 1 aliphatic heterocycles. The van der Waals surface area contributed by atoms with Crippen molar-refractivity contribution in [2.45, 2.75) is 17.4 Å². The Labute approximate surface area is 235 Å². The average Bonchev–Trinajstić information content (AvgIpc) is 3.63. The van der Waals surface area contributed by atoms with Gasteiger partial charge in [-0.15, -0.1) is 0 Å². The van der Waals surface area contributed by atoms with Gasteiger partial charge in [0.05, 0.1) is 11.4 Å². The Hall–Kier alpha value is -4.63. The lowest BCUT2D eigenvalue weighted by Gasteiger charge is -2.18. The van der Waals surface area contributed by atoms with Gasteiger partial charge in [-0.05, 0) is 42.8 Å². The first-order valence-electron chi connectivity index (χ1n) is 12.4. The number of hydrogen-bond donors (Lipinski definition) is 1. The Morgan fingerprint density at radius 3 is 2.12 bits per heavy atom. The minimum absolute atomic E-state index is 0.0958. The van der Waals surface area contributed by atoms with Crippen LogP contribution in [0, 0.1) is 29.1 Å². The molecule has 1 fully saturated rings. The predicted octanol–water partition coefficient (Wildman–Crippen LogP) is 5.20. The number of sulfonamides is 1. The molecule has 0 amide bonds. The molecular weight excluding hydrogens is 583 g/mol. The summed E-state index contributed by atoms with van der Waals surface area (Å²) in [5.74, 6) is -10.7. The number of ether oxygens (including phenoxy) is 1. The van der Waals surface area contributed by atoms with Crippen LogP contribution in [0.5, 0.6) is 11.5 Å². The number of rotatable bonds is 6. The van der Waals surface area contributed by atoms with Gasteiger partial charge in [-0.2, -0.15) is 9.40 Å². The first kappa shape index (κ1) is 27.5. The zero-order chi connectivity index (χ0) is 29.8. The molecule has 2 N–H and O–H groups in total. The van der Waals surface area contributed by atoms with Crippen LogP contribution in [0.2, 0.25) is 0 Å². The zero-order valence-corrected chi connectivity index (χ0v) is 22.1. The maximum Gasteiger partial charge on any atom is 0.249 e. The lowest BCUT2D eigenvalue weighted by atomic mass is 10.1. The molecule has 1 aliphatic rings. The molecule has 0 saturated carbocycles. The van der Waals surface area contributed by atoms with Crippen molar-refractivity contribution in [3.63, 3.8) is 0 Å². The number of hydrogen-bond acceptors (Lipinski definition) is 7. The highest BCUT2D eigenvalue weighted by Crippen LogP contribution is 2.37. The van der Waals surface area contributed by atoms with Crippen molar-refractivity contribution in [2.75, 3.05) is 18.8 Å². The Balaban J connectivity index is 1.34. The number of anilines is 1. The van der Waals surface area contributed by atoms with Gasteiger partial charge in [0.25, 0.3) is 0 Å². The summed E-state index contributed by atoms with van der Waals surface area (Å²) in [4.78, 5) is 6.40. The monoisotopic (exact) mass is 602 g/mol. The minimum Gasteiger partial charge on any atom is -0.457 e. The molecular formula is C27H19F5N6O3S. The van der Waals surface area contributed by atoms with Gasteiger partial charge >= 0.3 is 0 Å². The molecule has 3 aromatic carbocycles. The van der Waals surface area contributed by atoms with Gasteiger partial charge in [0.2, 0.25) is 15.8 Å². The van der Waals surface area contributed by atoms with Gasteiger partial charge in [-0.3, -0.25) is 0 Å².